The van der Waals surface area contributed by atoms with Crippen LogP contribution in [0, 0.1) is 12.3 Å². The minimum atomic E-state index is -0.426. The molecule has 3 rings (SSSR count). The lowest BCUT2D eigenvalue weighted by Gasteiger charge is -2.09. The van der Waals surface area contributed by atoms with Crippen molar-refractivity contribution in [3.05, 3.63) is 82.0 Å². The van der Waals surface area contributed by atoms with Crippen molar-refractivity contribution in [3.63, 3.8) is 0 Å². The van der Waals surface area contributed by atoms with Crippen molar-refractivity contribution in [2.45, 2.75) is 0 Å². The van der Waals surface area contributed by atoms with Gasteiger partial charge in [0.05, 0.1) is 11.4 Å². The molecule has 2 aromatic carbocycles. The molecule has 0 unspecified atom stereocenters. The number of carbonyl (C=O) groups excluding carboxylic acids is 3. The lowest BCUT2D eigenvalue weighted by molar-refractivity contribution is -0.115. The van der Waals surface area contributed by atoms with E-state index in [-0.39, 0.29) is 18.4 Å². The summed E-state index contributed by atoms with van der Waals surface area (Å²) in [7, 11) is 0. The predicted molar refractivity (Wildman–Crippen MR) is 114 cm³/mol. The molecule has 3 aromatic rings. The van der Waals surface area contributed by atoms with Crippen LogP contribution in [0.4, 0.5) is 11.4 Å². The van der Waals surface area contributed by atoms with Gasteiger partial charge in [0.2, 0.25) is 5.91 Å². The zero-order valence-electron chi connectivity index (χ0n) is 15.3. The van der Waals surface area contributed by atoms with E-state index < -0.39 is 5.91 Å². The standard InChI is InChI=1S/C22H17N3O3S/c1-2-15-6-3-8-17(12-15)24-20(26)14-23-21(27)16-7-4-9-18(13-16)25-22(28)19-10-5-11-29-19/h1,3-13H,14H2,(H,23,27)(H,24,26)(H,25,28). The number of hydrogen-bond acceptors (Lipinski definition) is 4. The summed E-state index contributed by atoms with van der Waals surface area (Å²) in [6, 6.07) is 16.9. The molecule has 0 spiro atoms. The highest BCUT2D eigenvalue weighted by Crippen LogP contribution is 2.15. The lowest BCUT2D eigenvalue weighted by atomic mass is 10.2. The maximum Gasteiger partial charge on any atom is 0.265 e. The first-order valence-electron chi connectivity index (χ1n) is 8.65. The lowest BCUT2D eigenvalue weighted by Crippen LogP contribution is -2.32. The van der Waals surface area contributed by atoms with Crippen molar-refractivity contribution in [1.29, 1.82) is 0 Å². The molecule has 0 saturated carbocycles. The number of rotatable bonds is 6. The van der Waals surface area contributed by atoms with Gasteiger partial charge in [0.1, 0.15) is 0 Å². The van der Waals surface area contributed by atoms with Crippen LogP contribution in [0.5, 0.6) is 0 Å². The topological polar surface area (TPSA) is 87.3 Å². The molecule has 0 saturated heterocycles. The second-order valence-electron chi connectivity index (χ2n) is 5.97. The van der Waals surface area contributed by atoms with Crippen molar-refractivity contribution in [2.24, 2.45) is 0 Å². The number of benzene rings is 2. The van der Waals surface area contributed by atoms with Gasteiger partial charge in [-0.3, -0.25) is 14.4 Å². The number of hydrogen-bond donors (Lipinski definition) is 3. The smallest absolute Gasteiger partial charge is 0.265 e. The van der Waals surface area contributed by atoms with E-state index in [4.69, 9.17) is 6.42 Å². The van der Waals surface area contributed by atoms with E-state index in [0.717, 1.165) is 0 Å². The highest BCUT2D eigenvalue weighted by Gasteiger charge is 2.11. The molecule has 7 heteroatoms. The minimum Gasteiger partial charge on any atom is -0.343 e. The zero-order valence-corrected chi connectivity index (χ0v) is 16.1. The molecule has 1 heterocycles. The van der Waals surface area contributed by atoms with Crippen LogP contribution in [0.25, 0.3) is 0 Å². The highest BCUT2D eigenvalue weighted by molar-refractivity contribution is 7.12. The summed E-state index contributed by atoms with van der Waals surface area (Å²) in [6.07, 6.45) is 5.34. The first-order chi connectivity index (χ1) is 14.0. The van der Waals surface area contributed by atoms with Crippen molar-refractivity contribution in [1.82, 2.24) is 5.32 Å². The van der Waals surface area contributed by atoms with Crippen LogP contribution in [0.1, 0.15) is 25.6 Å². The van der Waals surface area contributed by atoms with Gasteiger partial charge in [0.15, 0.2) is 0 Å². The van der Waals surface area contributed by atoms with Gasteiger partial charge in [-0.05, 0) is 47.8 Å². The second kappa shape index (κ2) is 9.35. The Hall–Kier alpha value is -3.89. The van der Waals surface area contributed by atoms with Gasteiger partial charge in [0.25, 0.3) is 11.8 Å². The molecule has 3 N–H and O–H groups in total. The number of terminal acetylenes is 1. The molecule has 0 aliphatic rings. The van der Waals surface area contributed by atoms with Crippen LogP contribution in [-0.4, -0.2) is 24.3 Å². The summed E-state index contributed by atoms with van der Waals surface area (Å²) in [5.41, 5.74) is 2.02. The van der Waals surface area contributed by atoms with Crippen molar-refractivity contribution < 1.29 is 14.4 Å². The third-order valence-corrected chi connectivity index (χ3v) is 4.72. The Labute approximate surface area is 172 Å². The molecule has 0 bridgehead atoms. The van der Waals surface area contributed by atoms with Gasteiger partial charge >= 0.3 is 0 Å². The summed E-state index contributed by atoms with van der Waals surface area (Å²) in [6.45, 7) is -0.203. The summed E-state index contributed by atoms with van der Waals surface area (Å²) in [4.78, 5) is 37.1. The fraction of sp³-hybridized carbons (Fsp3) is 0.0455. The van der Waals surface area contributed by atoms with Crippen molar-refractivity contribution in [3.8, 4) is 12.3 Å². The third kappa shape index (κ3) is 5.54. The molecular formula is C22H17N3O3S. The summed E-state index contributed by atoms with van der Waals surface area (Å²) < 4.78 is 0. The minimum absolute atomic E-state index is 0.203. The Morgan fingerprint density at radius 2 is 1.66 bits per heavy atom. The SMILES string of the molecule is C#Cc1cccc(NC(=O)CNC(=O)c2cccc(NC(=O)c3cccs3)c2)c1. The van der Waals surface area contributed by atoms with E-state index in [0.29, 0.717) is 27.4 Å². The maximum atomic E-state index is 12.3. The molecule has 0 fully saturated rings. The first-order valence-corrected chi connectivity index (χ1v) is 9.53. The van der Waals surface area contributed by atoms with E-state index >= 15 is 0 Å². The molecule has 29 heavy (non-hydrogen) atoms. The monoisotopic (exact) mass is 403 g/mol. The Morgan fingerprint density at radius 1 is 0.897 bits per heavy atom. The molecule has 0 aliphatic heterocycles. The Morgan fingerprint density at radius 3 is 2.38 bits per heavy atom. The molecule has 0 atom stereocenters. The summed E-state index contributed by atoms with van der Waals surface area (Å²) in [5, 5.41) is 9.78. The maximum absolute atomic E-state index is 12.3. The van der Waals surface area contributed by atoms with Gasteiger partial charge in [0, 0.05) is 22.5 Å². The van der Waals surface area contributed by atoms with Gasteiger partial charge < -0.3 is 16.0 Å². The predicted octanol–water partition coefficient (Wildman–Crippen LogP) is 3.35. The summed E-state index contributed by atoms with van der Waals surface area (Å²) in [5.74, 6) is 1.44. The molecule has 144 valence electrons. The largest absolute Gasteiger partial charge is 0.343 e. The number of amides is 3. The average molecular weight is 403 g/mol. The fourth-order valence-corrected chi connectivity index (χ4v) is 3.11. The van der Waals surface area contributed by atoms with Crippen LogP contribution in [0.3, 0.4) is 0 Å². The Bertz CT molecular complexity index is 1080. The first kappa shape index (κ1) is 19.9. The van der Waals surface area contributed by atoms with E-state index in [2.05, 4.69) is 21.9 Å². The summed E-state index contributed by atoms with van der Waals surface area (Å²) >= 11 is 1.33. The molecule has 1 aromatic heterocycles. The van der Waals surface area contributed by atoms with E-state index in [1.165, 1.54) is 11.3 Å². The van der Waals surface area contributed by atoms with Crippen LogP contribution >= 0.6 is 11.3 Å². The molecular weight excluding hydrogens is 386 g/mol. The van der Waals surface area contributed by atoms with Crippen LogP contribution in [-0.2, 0) is 4.79 Å². The van der Waals surface area contributed by atoms with Crippen LogP contribution < -0.4 is 16.0 Å². The number of carbonyl (C=O) groups is 3. The van der Waals surface area contributed by atoms with E-state index in [1.807, 2.05) is 5.38 Å². The highest BCUT2D eigenvalue weighted by atomic mass is 32.1. The Balaban J connectivity index is 1.55. The zero-order chi connectivity index (χ0) is 20.6. The van der Waals surface area contributed by atoms with Crippen LogP contribution in [0.15, 0.2) is 66.0 Å². The normalized spacial score (nSPS) is 9.90. The molecule has 6 nitrogen and oxygen atoms in total. The van der Waals surface area contributed by atoms with Crippen molar-refractivity contribution in [2.75, 3.05) is 17.2 Å². The van der Waals surface area contributed by atoms with E-state index in [1.54, 1.807) is 60.7 Å². The molecule has 0 aliphatic carbocycles. The number of nitrogens with one attached hydrogen (secondary N) is 3. The molecule has 3 amide bonds. The quantitative estimate of drug-likeness (QED) is 0.552. The number of anilines is 2. The average Bonchev–Trinajstić information content (AvgIpc) is 3.27. The van der Waals surface area contributed by atoms with Crippen LogP contribution in [0.2, 0.25) is 0 Å². The van der Waals surface area contributed by atoms with E-state index in [9.17, 15) is 14.4 Å². The van der Waals surface area contributed by atoms with Gasteiger partial charge in [-0.1, -0.05) is 24.1 Å². The fourth-order valence-electron chi connectivity index (χ4n) is 2.49. The molecule has 0 radical (unpaired) electrons. The Kier molecular flexibility index (Phi) is 6.40. The number of thiophene rings is 1. The van der Waals surface area contributed by atoms with Gasteiger partial charge in [-0.15, -0.1) is 17.8 Å². The van der Waals surface area contributed by atoms with Gasteiger partial charge in [-0.25, -0.2) is 0 Å². The second-order valence-corrected chi connectivity index (χ2v) is 6.92. The van der Waals surface area contributed by atoms with Crippen molar-refractivity contribution >= 4 is 40.4 Å². The van der Waals surface area contributed by atoms with Gasteiger partial charge in [-0.2, -0.15) is 0 Å². The third-order valence-electron chi connectivity index (χ3n) is 3.85.